The first-order valence-corrected chi connectivity index (χ1v) is 27.1. The van der Waals surface area contributed by atoms with Gasteiger partial charge in [-0.3, -0.25) is 0 Å². The third-order valence-corrected chi connectivity index (χ3v) is 17.8. The molecule has 0 spiro atoms. The standard InChI is InChI=1S/C74H62/c1-71(2,3)42-31-40(32-43(35-42)72(4,5)6)63-60-37-58-48-21-15-17-39-18-16-22-49(62(39)48)59(58)38-61(60)64(41-33-44(73(7,8)9)36-45(34-41)74(10,11)12)70-57-30-28-55-53-26-24-51-47-20-14-13-19-46(47)50-23-25-52(66(53)65(50)51)54-27-29-56(69(63)70)68(57)67(54)55/h13-38H,1-12H3. The molecule has 0 saturated carbocycles. The predicted molar refractivity (Wildman–Crippen MR) is 325 cm³/mol. The summed E-state index contributed by atoms with van der Waals surface area (Å²) in [6.07, 6.45) is 0. The fourth-order valence-electron chi connectivity index (χ4n) is 13.9. The van der Waals surface area contributed by atoms with Crippen LogP contribution in [-0.2, 0) is 21.7 Å². The minimum absolute atomic E-state index is 0.0645. The van der Waals surface area contributed by atoms with Crippen molar-refractivity contribution in [2.24, 2.45) is 0 Å². The number of fused-ring (bicyclic) bond motifs is 12. The zero-order valence-electron chi connectivity index (χ0n) is 45.0. The molecule has 14 aromatic carbocycles. The van der Waals surface area contributed by atoms with E-state index in [9.17, 15) is 0 Å². The van der Waals surface area contributed by atoms with E-state index in [1.807, 2.05) is 0 Å². The maximum Gasteiger partial charge on any atom is -0.000740 e. The highest BCUT2D eigenvalue weighted by atomic mass is 14.3. The zero-order chi connectivity index (χ0) is 50.9. The molecule has 1 aliphatic carbocycles. The van der Waals surface area contributed by atoms with Crippen molar-refractivity contribution in [1.29, 1.82) is 0 Å². The normalized spacial score (nSPS) is 13.7. The van der Waals surface area contributed by atoms with Crippen molar-refractivity contribution < 1.29 is 0 Å². The van der Waals surface area contributed by atoms with Gasteiger partial charge in [0.1, 0.15) is 0 Å². The molecular weight excluding hydrogens is 889 g/mol. The second-order valence-corrected chi connectivity index (χ2v) is 26.4. The van der Waals surface area contributed by atoms with Crippen molar-refractivity contribution in [3.8, 4) is 44.5 Å². The smallest absolute Gasteiger partial charge is 0.000740 e. The van der Waals surface area contributed by atoms with Gasteiger partial charge in [-0.15, -0.1) is 0 Å². The summed E-state index contributed by atoms with van der Waals surface area (Å²) in [4.78, 5) is 0. The second-order valence-electron chi connectivity index (χ2n) is 26.4. The molecule has 0 N–H and O–H groups in total. The molecular formula is C74H62. The summed E-state index contributed by atoms with van der Waals surface area (Å²) in [6, 6.07) is 62.9. The van der Waals surface area contributed by atoms with Crippen LogP contribution >= 0.6 is 0 Å². The summed E-state index contributed by atoms with van der Waals surface area (Å²) in [5.41, 5.74) is 15.9. The Morgan fingerprint density at radius 2 is 0.554 bits per heavy atom. The lowest BCUT2D eigenvalue weighted by molar-refractivity contribution is 0.568. The first-order valence-electron chi connectivity index (χ1n) is 27.1. The maximum atomic E-state index is 2.62. The highest BCUT2D eigenvalue weighted by molar-refractivity contribution is 6.47. The summed E-state index contributed by atoms with van der Waals surface area (Å²) in [5, 5.41) is 26.9. The van der Waals surface area contributed by atoms with Gasteiger partial charge in [0.25, 0.3) is 0 Å². The third-order valence-electron chi connectivity index (χ3n) is 17.8. The van der Waals surface area contributed by atoms with E-state index in [-0.39, 0.29) is 21.7 Å². The average Bonchev–Trinajstić information content (AvgIpc) is 4.00. The molecule has 74 heavy (non-hydrogen) atoms. The lowest BCUT2D eigenvalue weighted by Gasteiger charge is -2.28. The fraction of sp³-hybridized carbons (Fsp3) is 0.216. The van der Waals surface area contributed by atoms with Crippen molar-refractivity contribution in [2.75, 3.05) is 0 Å². The van der Waals surface area contributed by atoms with Crippen LogP contribution in [0.3, 0.4) is 0 Å². The molecule has 15 rings (SSSR count). The molecule has 0 bridgehead atoms. The van der Waals surface area contributed by atoms with Crippen molar-refractivity contribution >= 4 is 108 Å². The van der Waals surface area contributed by atoms with Gasteiger partial charge in [0, 0.05) is 0 Å². The van der Waals surface area contributed by atoms with Gasteiger partial charge in [-0.1, -0.05) is 229 Å². The van der Waals surface area contributed by atoms with Gasteiger partial charge in [-0.2, -0.15) is 0 Å². The molecule has 0 atom stereocenters. The monoisotopic (exact) mass is 950 g/mol. The molecule has 1 aliphatic rings. The maximum absolute atomic E-state index is 2.62. The Morgan fingerprint density at radius 1 is 0.216 bits per heavy atom. The van der Waals surface area contributed by atoms with Gasteiger partial charge in [0.2, 0.25) is 0 Å². The van der Waals surface area contributed by atoms with E-state index in [0.29, 0.717) is 0 Å². The first kappa shape index (κ1) is 44.0. The van der Waals surface area contributed by atoms with E-state index in [1.54, 1.807) is 0 Å². The molecule has 0 heteroatoms. The number of rotatable bonds is 2. The van der Waals surface area contributed by atoms with E-state index in [1.165, 1.54) is 174 Å². The Labute approximate surface area is 434 Å². The summed E-state index contributed by atoms with van der Waals surface area (Å²) in [6.45, 7) is 28.6. The van der Waals surface area contributed by atoms with E-state index in [0.717, 1.165) is 0 Å². The van der Waals surface area contributed by atoms with Crippen LogP contribution in [0.2, 0.25) is 0 Å². The van der Waals surface area contributed by atoms with Gasteiger partial charge in [-0.05, 0) is 208 Å². The van der Waals surface area contributed by atoms with Crippen LogP contribution < -0.4 is 0 Å². The molecule has 0 unspecified atom stereocenters. The van der Waals surface area contributed by atoms with Gasteiger partial charge in [0.05, 0.1) is 0 Å². The van der Waals surface area contributed by atoms with Crippen LogP contribution in [0.15, 0.2) is 158 Å². The van der Waals surface area contributed by atoms with Crippen LogP contribution in [-0.4, -0.2) is 0 Å². The molecule has 358 valence electrons. The molecule has 0 aromatic heterocycles. The highest BCUT2D eigenvalue weighted by Crippen LogP contribution is 2.58. The Hall–Kier alpha value is -7.54. The molecule has 0 nitrogen and oxygen atoms in total. The van der Waals surface area contributed by atoms with E-state index < -0.39 is 0 Å². The fourth-order valence-corrected chi connectivity index (χ4v) is 13.9. The molecule has 0 fully saturated rings. The Bertz CT molecular complexity index is 4420. The molecule has 0 heterocycles. The molecule has 0 aliphatic heterocycles. The van der Waals surface area contributed by atoms with E-state index in [2.05, 4.69) is 241 Å². The molecule has 0 amide bonds. The van der Waals surface area contributed by atoms with Crippen LogP contribution in [0, 0.1) is 0 Å². The Balaban J connectivity index is 1.21. The summed E-state index contributed by atoms with van der Waals surface area (Å²) in [7, 11) is 0. The van der Waals surface area contributed by atoms with Gasteiger partial charge < -0.3 is 0 Å². The first-order chi connectivity index (χ1) is 35.2. The number of hydrogen-bond donors (Lipinski definition) is 0. The summed E-state index contributed by atoms with van der Waals surface area (Å²) >= 11 is 0. The minimum atomic E-state index is -0.0645. The van der Waals surface area contributed by atoms with E-state index in [4.69, 9.17) is 0 Å². The topological polar surface area (TPSA) is 0 Å². The van der Waals surface area contributed by atoms with Gasteiger partial charge in [0.15, 0.2) is 0 Å². The highest BCUT2D eigenvalue weighted by Gasteiger charge is 2.32. The SMILES string of the molecule is CC(C)(C)c1cc(-c2c3cc4c(cc3c(-c3cc(C(C)(C)C)cc(C(C)(C)C)c3)c3c5ccc6c7ccc8c9c(ccc(c%10ccc(c23)c5c%106)c97)-c2ccccc2-8)c2cccc3cccc4c32)cc(C(C)(C)C)c1. The zero-order valence-corrected chi connectivity index (χ0v) is 45.0. The van der Waals surface area contributed by atoms with Crippen molar-refractivity contribution in [2.45, 2.75) is 105 Å². The van der Waals surface area contributed by atoms with Crippen molar-refractivity contribution in [3.63, 3.8) is 0 Å². The van der Waals surface area contributed by atoms with Gasteiger partial charge >= 0.3 is 0 Å². The Morgan fingerprint density at radius 3 is 0.946 bits per heavy atom. The number of benzene rings is 12. The quantitative estimate of drug-likeness (QED) is 0.120. The Kier molecular flexibility index (Phi) is 8.43. The van der Waals surface area contributed by atoms with Crippen LogP contribution in [0.1, 0.15) is 105 Å². The lowest BCUT2D eigenvalue weighted by atomic mass is 9.76. The second kappa shape index (κ2) is 14.2. The molecule has 0 radical (unpaired) electrons. The largest absolute Gasteiger partial charge is 0.0616 e. The predicted octanol–water partition coefficient (Wildman–Crippen LogP) is 21.7. The lowest BCUT2D eigenvalue weighted by Crippen LogP contribution is -2.16. The van der Waals surface area contributed by atoms with Crippen molar-refractivity contribution in [1.82, 2.24) is 0 Å². The summed E-state index contributed by atoms with van der Waals surface area (Å²) < 4.78 is 0. The average molecular weight is 951 g/mol. The third kappa shape index (κ3) is 5.81. The van der Waals surface area contributed by atoms with Gasteiger partial charge in [-0.25, -0.2) is 0 Å². The van der Waals surface area contributed by atoms with Crippen molar-refractivity contribution in [3.05, 3.63) is 180 Å². The minimum Gasteiger partial charge on any atom is -0.0616 e. The molecule has 14 aromatic rings. The van der Waals surface area contributed by atoms with Crippen LogP contribution in [0.5, 0.6) is 0 Å². The molecule has 0 saturated heterocycles. The summed E-state index contributed by atoms with van der Waals surface area (Å²) in [5.74, 6) is 0. The van der Waals surface area contributed by atoms with E-state index >= 15 is 0 Å². The van der Waals surface area contributed by atoms with Crippen LogP contribution in [0.25, 0.3) is 152 Å². The van der Waals surface area contributed by atoms with Crippen LogP contribution in [0.4, 0.5) is 0 Å². The number of hydrogen-bond acceptors (Lipinski definition) is 0.